The molecule has 2 aromatic rings. The van der Waals surface area contributed by atoms with Gasteiger partial charge in [0.05, 0.1) is 10.5 Å². The fourth-order valence-electron chi connectivity index (χ4n) is 1.85. The number of hydrogen-bond acceptors (Lipinski definition) is 6. The molecule has 0 bridgehead atoms. The second-order valence-electron chi connectivity index (χ2n) is 4.26. The number of aromatic hydroxyl groups is 2. The number of thioether (sulfide) groups is 1. The van der Waals surface area contributed by atoms with Gasteiger partial charge in [0.25, 0.3) is 5.91 Å². The Kier molecular flexibility index (Phi) is 3.44. The van der Waals surface area contributed by atoms with Crippen molar-refractivity contribution in [3.05, 3.63) is 41.0 Å². The number of carbonyl (C=O) groups is 1. The fourth-order valence-corrected chi connectivity index (χ4v) is 2.87. The summed E-state index contributed by atoms with van der Waals surface area (Å²) in [6.45, 7) is 0. The van der Waals surface area contributed by atoms with Crippen LogP contribution < -0.4 is 5.32 Å². The standard InChI is InChI=1S/C14H9NO4S2/c16-7-1-3-10(17)9(5-7)11-4-2-8(19-11)6-12-13(18)15-14(20)21-12/h1-6,16-17H,(H,15,18,20)/b12-6-. The summed E-state index contributed by atoms with van der Waals surface area (Å²) in [4.78, 5) is 12.0. The van der Waals surface area contributed by atoms with Crippen molar-refractivity contribution >= 4 is 40.3 Å². The Morgan fingerprint density at radius 1 is 1.24 bits per heavy atom. The van der Waals surface area contributed by atoms with Crippen molar-refractivity contribution < 1.29 is 19.4 Å². The molecule has 21 heavy (non-hydrogen) atoms. The molecule has 0 atom stereocenters. The molecule has 106 valence electrons. The summed E-state index contributed by atoms with van der Waals surface area (Å²) in [5.41, 5.74) is 0.374. The van der Waals surface area contributed by atoms with E-state index < -0.39 is 0 Å². The summed E-state index contributed by atoms with van der Waals surface area (Å²) in [6.07, 6.45) is 1.57. The lowest BCUT2D eigenvalue weighted by Gasteiger charge is -2.01. The molecule has 1 aliphatic rings. The monoisotopic (exact) mass is 319 g/mol. The van der Waals surface area contributed by atoms with Crippen LogP contribution in [0.3, 0.4) is 0 Å². The molecule has 3 N–H and O–H groups in total. The minimum atomic E-state index is -0.261. The van der Waals surface area contributed by atoms with Crippen LogP contribution in [0.5, 0.6) is 11.5 Å². The molecule has 1 aromatic carbocycles. The fraction of sp³-hybridized carbons (Fsp3) is 0. The number of furan rings is 1. The quantitative estimate of drug-likeness (QED) is 0.448. The second-order valence-corrected chi connectivity index (χ2v) is 5.97. The van der Waals surface area contributed by atoms with E-state index in [9.17, 15) is 15.0 Å². The first-order valence-electron chi connectivity index (χ1n) is 5.90. The lowest BCUT2D eigenvalue weighted by molar-refractivity contribution is -0.115. The third-order valence-corrected chi connectivity index (χ3v) is 3.95. The molecule has 5 nitrogen and oxygen atoms in total. The number of phenolic OH excluding ortho intramolecular Hbond substituents is 2. The maximum atomic E-state index is 11.6. The van der Waals surface area contributed by atoms with Crippen LogP contribution >= 0.6 is 24.0 Å². The van der Waals surface area contributed by atoms with E-state index in [-0.39, 0.29) is 17.4 Å². The molecule has 1 saturated heterocycles. The number of amides is 1. The zero-order valence-corrected chi connectivity index (χ0v) is 12.1. The second kappa shape index (κ2) is 5.27. The Bertz CT molecular complexity index is 779. The van der Waals surface area contributed by atoms with Gasteiger partial charge in [-0.15, -0.1) is 0 Å². The van der Waals surface area contributed by atoms with E-state index in [4.69, 9.17) is 16.6 Å². The van der Waals surface area contributed by atoms with Gasteiger partial charge in [0.15, 0.2) is 0 Å². The smallest absolute Gasteiger partial charge is 0.263 e. The van der Waals surface area contributed by atoms with Crippen LogP contribution in [0.2, 0.25) is 0 Å². The van der Waals surface area contributed by atoms with E-state index in [1.54, 1.807) is 18.2 Å². The number of carbonyl (C=O) groups excluding carboxylic acids is 1. The summed E-state index contributed by atoms with van der Waals surface area (Å²) in [7, 11) is 0. The van der Waals surface area contributed by atoms with E-state index in [0.29, 0.717) is 26.3 Å². The van der Waals surface area contributed by atoms with Gasteiger partial charge in [-0.2, -0.15) is 0 Å². The first-order valence-corrected chi connectivity index (χ1v) is 7.12. The summed E-state index contributed by atoms with van der Waals surface area (Å²) in [5, 5.41) is 21.8. The normalized spacial score (nSPS) is 16.5. The highest BCUT2D eigenvalue weighted by molar-refractivity contribution is 8.26. The first-order chi connectivity index (χ1) is 10.0. The molecule has 0 unspecified atom stereocenters. The predicted molar refractivity (Wildman–Crippen MR) is 83.8 cm³/mol. The highest BCUT2D eigenvalue weighted by Gasteiger charge is 2.22. The highest BCUT2D eigenvalue weighted by atomic mass is 32.2. The van der Waals surface area contributed by atoms with E-state index in [1.165, 1.54) is 18.2 Å². The molecule has 0 saturated carbocycles. The maximum Gasteiger partial charge on any atom is 0.263 e. The lowest BCUT2D eigenvalue weighted by Crippen LogP contribution is -2.17. The Balaban J connectivity index is 1.94. The Hall–Kier alpha value is -2.25. The van der Waals surface area contributed by atoms with E-state index in [0.717, 1.165) is 11.8 Å². The van der Waals surface area contributed by atoms with Gasteiger partial charge >= 0.3 is 0 Å². The van der Waals surface area contributed by atoms with Crippen LogP contribution in [-0.4, -0.2) is 20.4 Å². The molecule has 7 heteroatoms. The molecule has 0 aliphatic carbocycles. The third kappa shape index (κ3) is 2.79. The zero-order valence-electron chi connectivity index (χ0n) is 10.5. The van der Waals surface area contributed by atoms with E-state index in [1.807, 2.05) is 0 Å². The minimum Gasteiger partial charge on any atom is -0.508 e. The van der Waals surface area contributed by atoms with Gasteiger partial charge in [-0.05, 0) is 30.3 Å². The van der Waals surface area contributed by atoms with Gasteiger partial charge in [0, 0.05) is 6.08 Å². The zero-order chi connectivity index (χ0) is 15.0. The van der Waals surface area contributed by atoms with Crippen LogP contribution in [0.4, 0.5) is 0 Å². The van der Waals surface area contributed by atoms with Crippen molar-refractivity contribution in [1.29, 1.82) is 0 Å². The van der Waals surface area contributed by atoms with Crippen LogP contribution in [0, 0.1) is 0 Å². The van der Waals surface area contributed by atoms with Gasteiger partial charge < -0.3 is 19.9 Å². The summed E-state index contributed by atoms with van der Waals surface area (Å²) in [5.74, 6) is 0.602. The Morgan fingerprint density at radius 2 is 2.05 bits per heavy atom. The molecule has 1 fully saturated rings. The average molecular weight is 319 g/mol. The van der Waals surface area contributed by atoms with Crippen LogP contribution in [0.1, 0.15) is 5.76 Å². The number of phenols is 2. The predicted octanol–water partition coefficient (Wildman–Crippen LogP) is 2.85. The van der Waals surface area contributed by atoms with Crippen molar-refractivity contribution in [2.45, 2.75) is 0 Å². The van der Waals surface area contributed by atoms with Gasteiger partial charge in [0.1, 0.15) is 27.3 Å². The van der Waals surface area contributed by atoms with Gasteiger partial charge in [-0.25, -0.2) is 0 Å². The van der Waals surface area contributed by atoms with Crippen molar-refractivity contribution in [3.63, 3.8) is 0 Å². The van der Waals surface area contributed by atoms with Gasteiger partial charge in [-0.3, -0.25) is 4.79 Å². The molecular formula is C14H9NO4S2. The number of rotatable bonds is 2. The molecule has 2 heterocycles. The summed E-state index contributed by atoms with van der Waals surface area (Å²) >= 11 is 6.06. The van der Waals surface area contributed by atoms with Crippen molar-refractivity contribution in [1.82, 2.24) is 5.32 Å². The molecule has 1 amide bonds. The van der Waals surface area contributed by atoms with Crippen LogP contribution in [0.15, 0.2) is 39.7 Å². The summed E-state index contributed by atoms with van der Waals surface area (Å²) in [6, 6.07) is 7.48. The number of benzene rings is 1. The summed E-state index contributed by atoms with van der Waals surface area (Å²) < 4.78 is 5.97. The molecule has 1 aliphatic heterocycles. The molecule has 3 rings (SSSR count). The SMILES string of the molecule is O=C1NC(=S)S/C1=C\c1ccc(-c2cc(O)ccc2O)o1. The van der Waals surface area contributed by atoms with Gasteiger partial charge in [0.2, 0.25) is 0 Å². The first kappa shape index (κ1) is 13.7. The van der Waals surface area contributed by atoms with Gasteiger partial charge in [-0.1, -0.05) is 24.0 Å². The Morgan fingerprint density at radius 3 is 2.76 bits per heavy atom. The largest absolute Gasteiger partial charge is 0.508 e. The van der Waals surface area contributed by atoms with E-state index >= 15 is 0 Å². The molecule has 0 radical (unpaired) electrons. The number of hydrogen-bond donors (Lipinski definition) is 3. The highest BCUT2D eigenvalue weighted by Crippen LogP contribution is 2.34. The van der Waals surface area contributed by atoms with E-state index in [2.05, 4.69) is 5.32 Å². The van der Waals surface area contributed by atoms with Crippen molar-refractivity contribution in [2.75, 3.05) is 0 Å². The molecule has 1 aromatic heterocycles. The minimum absolute atomic E-state index is 0.00415. The molecular weight excluding hydrogens is 310 g/mol. The average Bonchev–Trinajstić information content (AvgIpc) is 3.00. The number of thiocarbonyl (C=S) groups is 1. The molecule has 0 spiro atoms. The van der Waals surface area contributed by atoms with Crippen molar-refractivity contribution in [3.8, 4) is 22.8 Å². The van der Waals surface area contributed by atoms with Crippen LogP contribution in [-0.2, 0) is 4.79 Å². The third-order valence-electron chi connectivity index (χ3n) is 2.79. The Labute approximate surface area is 129 Å². The lowest BCUT2D eigenvalue weighted by atomic mass is 10.1. The topological polar surface area (TPSA) is 82.7 Å². The number of nitrogens with one attached hydrogen (secondary N) is 1. The van der Waals surface area contributed by atoms with Crippen LogP contribution in [0.25, 0.3) is 17.4 Å². The van der Waals surface area contributed by atoms with Crippen molar-refractivity contribution in [2.24, 2.45) is 0 Å². The maximum absolute atomic E-state index is 11.6.